The molecule has 0 unspecified atom stereocenters. The molecule has 1 heterocycles. The minimum absolute atomic E-state index is 0.0396. The molecule has 178 valence electrons. The molecule has 0 fully saturated rings. The van der Waals surface area contributed by atoms with Crippen LogP contribution in [0.25, 0.3) is 0 Å². The molecule has 1 aromatic heterocycles. The van der Waals surface area contributed by atoms with Crippen molar-refractivity contribution < 1.29 is 22.4 Å². The zero-order valence-electron chi connectivity index (χ0n) is 18.5. The number of para-hydroxylation sites is 2. The summed E-state index contributed by atoms with van der Waals surface area (Å²) in [5.41, 5.74) is 6.10. The summed E-state index contributed by atoms with van der Waals surface area (Å²) in [6, 6.07) is 10.2. The largest absolute Gasteiger partial charge is 0.365 e. The Morgan fingerprint density at radius 3 is 2.44 bits per heavy atom. The normalized spacial score (nSPS) is 10.9. The van der Waals surface area contributed by atoms with Gasteiger partial charge in [0.15, 0.2) is 0 Å². The van der Waals surface area contributed by atoms with Crippen LogP contribution in [0.5, 0.6) is 0 Å². The van der Waals surface area contributed by atoms with E-state index >= 15 is 0 Å². The average Bonchev–Trinajstić information content (AvgIpc) is 2.79. The Kier molecular flexibility index (Phi) is 6.96. The van der Waals surface area contributed by atoms with Gasteiger partial charge in [-0.2, -0.15) is 4.98 Å². The SMILES string of the molecule is CNC(=O)c1ccc(F)c(Nc2ncc(C(N)=O)c(Nc3ccccc3N(C)S(C)(=O)=O)n2)c1. The molecule has 3 rings (SSSR count). The van der Waals surface area contributed by atoms with E-state index in [2.05, 4.69) is 25.9 Å². The van der Waals surface area contributed by atoms with Gasteiger partial charge in [-0.3, -0.25) is 13.9 Å². The van der Waals surface area contributed by atoms with Crippen LogP contribution in [0.15, 0.2) is 48.7 Å². The van der Waals surface area contributed by atoms with E-state index in [9.17, 15) is 22.4 Å². The van der Waals surface area contributed by atoms with Crippen LogP contribution >= 0.6 is 0 Å². The van der Waals surface area contributed by atoms with Crippen LogP contribution < -0.4 is 26.0 Å². The number of nitrogens with one attached hydrogen (secondary N) is 3. The highest BCUT2D eigenvalue weighted by Crippen LogP contribution is 2.30. The van der Waals surface area contributed by atoms with Gasteiger partial charge in [-0.05, 0) is 30.3 Å². The smallest absolute Gasteiger partial charge is 0.254 e. The second-order valence-corrected chi connectivity index (χ2v) is 9.11. The molecular formula is C21H22FN7O4S. The second kappa shape index (κ2) is 9.70. The van der Waals surface area contributed by atoms with Crippen LogP contribution in [0.1, 0.15) is 20.7 Å². The average molecular weight is 488 g/mol. The first kappa shape index (κ1) is 24.4. The van der Waals surface area contributed by atoms with Gasteiger partial charge in [-0.1, -0.05) is 12.1 Å². The summed E-state index contributed by atoms with van der Waals surface area (Å²) in [7, 11) is -0.761. The van der Waals surface area contributed by atoms with Gasteiger partial charge in [0.2, 0.25) is 16.0 Å². The number of sulfonamides is 1. The molecule has 2 amide bonds. The predicted molar refractivity (Wildman–Crippen MR) is 127 cm³/mol. The van der Waals surface area contributed by atoms with Crippen molar-refractivity contribution in [3.8, 4) is 0 Å². The van der Waals surface area contributed by atoms with Gasteiger partial charge < -0.3 is 21.7 Å². The van der Waals surface area contributed by atoms with Crippen molar-refractivity contribution in [3.63, 3.8) is 0 Å². The molecule has 0 spiro atoms. The minimum atomic E-state index is -3.58. The molecule has 3 aromatic rings. The van der Waals surface area contributed by atoms with E-state index < -0.39 is 27.7 Å². The molecule has 0 saturated carbocycles. The molecule has 0 aliphatic rings. The van der Waals surface area contributed by atoms with Gasteiger partial charge >= 0.3 is 0 Å². The van der Waals surface area contributed by atoms with Gasteiger partial charge in [-0.25, -0.2) is 17.8 Å². The molecule has 0 atom stereocenters. The number of carbonyl (C=O) groups excluding carboxylic acids is 2. The number of rotatable bonds is 8. The second-order valence-electron chi connectivity index (χ2n) is 7.09. The van der Waals surface area contributed by atoms with E-state index in [1.807, 2.05) is 0 Å². The lowest BCUT2D eigenvalue weighted by Gasteiger charge is -2.21. The molecule has 0 aliphatic heterocycles. The number of halogens is 1. The summed E-state index contributed by atoms with van der Waals surface area (Å²) in [4.78, 5) is 32.0. The number of hydrogen-bond donors (Lipinski definition) is 4. The van der Waals surface area contributed by atoms with Crippen LogP contribution in [0.2, 0.25) is 0 Å². The van der Waals surface area contributed by atoms with Crippen LogP contribution in [-0.4, -0.2) is 50.6 Å². The van der Waals surface area contributed by atoms with Crippen LogP contribution in [-0.2, 0) is 10.0 Å². The van der Waals surface area contributed by atoms with Gasteiger partial charge in [0.25, 0.3) is 11.8 Å². The summed E-state index contributed by atoms with van der Waals surface area (Å²) in [6.45, 7) is 0. The topological polar surface area (TPSA) is 159 Å². The first-order chi connectivity index (χ1) is 16.0. The van der Waals surface area contributed by atoms with E-state index in [0.29, 0.717) is 5.69 Å². The monoisotopic (exact) mass is 487 g/mol. The molecule has 5 N–H and O–H groups in total. The van der Waals surface area contributed by atoms with E-state index in [-0.39, 0.29) is 34.3 Å². The third-order valence-corrected chi connectivity index (χ3v) is 5.94. The molecular weight excluding hydrogens is 465 g/mol. The van der Waals surface area contributed by atoms with Crippen LogP contribution in [0.4, 0.5) is 33.2 Å². The lowest BCUT2D eigenvalue weighted by Crippen LogP contribution is -2.25. The number of primary amides is 1. The zero-order chi connectivity index (χ0) is 25.0. The summed E-state index contributed by atoms with van der Waals surface area (Å²) in [5.74, 6) is -2.06. The maximum atomic E-state index is 14.3. The number of nitrogens with zero attached hydrogens (tertiary/aromatic N) is 3. The van der Waals surface area contributed by atoms with Gasteiger partial charge in [0, 0.05) is 25.9 Å². The van der Waals surface area contributed by atoms with E-state index in [4.69, 9.17) is 5.73 Å². The van der Waals surface area contributed by atoms with Crippen LogP contribution in [0.3, 0.4) is 0 Å². The molecule has 0 radical (unpaired) electrons. The summed E-state index contributed by atoms with van der Waals surface area (Å²) in [5, 5.41) is 8.01. The van der Waals surface area contributed by atoms with Crippen molar-refractivity contribution in [2.24, 2.45) is 5.73 Å². The maximum absolute atomic E-state index is 14.3. The van der Waals surface area contributed by atoms with E-state index in [1.54, 1.807) is 24.3 Å². The number of amides is 2. The third kappa shape index (κ3) is 5.38. The molecule has 34 heavy (non-hydrogen) atoms. The Hall–Kier alpha value is -4.26. The molecule has 0 saturated heterocycles. The van der Waals surface area contributed by atoms with Crippen LogP contribution in [0, 0.1) is 5.82 Å². The Morgan fingerprint density at radius 2 is 1.79 bits per heavy atom. The van der Waals surface area contributed by atoms with Crippen molar-refractivity contribution in [1.29, 1.82) is 0 Å². The summed E-state index contributed by atoms with van der Waals surface area (Å²) in [6.07, 6.45) is 2.19. The molecule has 2 aromatic carbocycles. The quantitative estimate of drug-likeness (QED) is 0.375. The lowest BCUT2D eigenvalue weighted by atomic mass is 10.2. The third-order valence-electron chi connectivity index (χ3n) is 4.75. The number of nitrogens with two attached hydrogens (primary N) is 1. The number of hydrogen-bond acceptors (Lipinski definition) is 8. The summed E-state index contributed by atoms with van der Waals surface area (Å²) >= 11 is 0. The number of aromatic nitrogens is 2. The van der Waals surface area contributed by atoms with Gasteiger partial charge in [0.05, 0.1) is 23.3 Å². The molecule has 0 aliphatic carbocycles. The molecule has 11 nitrogen and oxygen atoms in total. The number of benzene rings is 2. The highest BCUT2D eigenvalue weighted by atomic mass is 32.2. The van der Waals surface area contributed by atoms with Crippen molar-refractivity contribution in [1.82, 2.24) is 15.3 Å². The predicted octanol–water partition coefficient (Wildman–Crippen LogP) is 1.96. The first-order valence-electron chi connectivity index (χ1n) is 9.76. The Labute approximate surface area is 195 Å². The molecule has 13 heteroatoms. The van der Waals surface area contributed by atoms with E-state index in [1.165, 1.54) is 26.2 Å². The lowest BCUT2D eigenvalue weighted by molar-refractivity contribution is 0.0961. The summed E-state index contributed by atoms with van der Waals surface area (Å²) < 4.78 is 39.4. The van der Waals surface area contributed by atoms with Gasteiger partial charge in [-0.15, -0.1) is 0 Å². The molecule has 0 bridgehead atoms. The van der Waals surface area contributed by atoms with Crippen molar-refractivity contribution in [2.75, 3.05) is 35.3 Å². The van der Waals surface area contributed by atoms with Gasteiger partial charge in [0.1, 0.15) is 17.2 Å². The fraction of sp³-hybridized carbons (Fsp3) is 0.143. The van der Waals surface area contributed by atoms with Crippen molar-refractivity contribution in [2.45, 2.75) is 0 Å². The Bertz CT molecular complexity index is 1360. The Morgan fingerprint density at radius 1 is 1.09 bits per heavy atom. The Balaban J connectivity index is 2.02. The maximum Gasteiger partial charge on any atom is 0.254 e. The first-order valence-corrected chi connectivity index (χ1v) is 11.6. The standard InChI is InChI=1S/C21H22FN7O4S/c1-24-20(31)12-8-9-14(22)16(10-12)27-21-25-11-13(18(23)30)19(28-21)26-15-6-4-5-7-17(15)29(2)34(3,32)33/h4-11H,1-3H3,(H2,23,30)(H,24,31)(H2,25,26,27,28). The number of carbonyl (C=O) groups is 2. The van der Waals surface area contributed by atoms with Crippen molar-refractivity contribution in [3.05, 3.63) is 65.6 Å². The minimum Gasteiger partial charge on any atom is -0.365 e. The van der Waals surface area contributed by atoms with Crippen molar-refractivity contribution >= 4 is 50.7 Å². The fourth-order valence-electron chi connectivity index (χ4n) is 2.90. The highest BCUT2D eigenvalue weighted by Gasteiger charge is 2.19. The van der Waals surface area contributed by atoms with E-state index in [0.717, 1.165) is 22.8 Å². The number of anilines is 5. The highest BCUT2D eigenvalue weighted by molar-refractivity contribution is 7.92. The fourth-order valence-corrected chi connectivity index (χ4v) is 3.42. The zero-order valence-corrected chi connectivity index (χ0v) is 19.3.